The van der Waals surface area contributed by atoms with E-state index < -0.39 is 15.9 Å². The van der Waals surface area contributed by atoms with Crippen molar-refractivity contribution in [2.75, 3.05) is 42.7 Å². The summed E-state index contributed by atoms with van der Waals surface area (Å²) in [6.45, 7) is 2.39. The second kappa shape index (κ2) is 8.06. The number of ether oxygens (including phenoxy) is 1. The number of carbonyl (C=O) groups is 1. The van der Waals surface area contributed by atoms with Crippen LogP contribution >= 0.6 is 0 Å². The predicted octanol–water partition coefficient (Wildman–Crippen LogP) is 3.17. The molecule has 160 valence electrons. The number of piperidine rings is 1. The van der Waals surface area contributed by atoms with Gasteiger partial charge in [0.2, 0.25) is 0 Å². The van der Waals surface area contributed by atoms with E-state index in [4.69, 9.17) is 4.74 Å². The van der Waals surface area contributed by atoms with Crippen LogP contribution in [0.3, 0.4) is 0 Å². The van der Waals surface area contributed by atoms with Crippen molar-refractivity contribution in [2.45, 2.75) is 23.8 Å². The number of amides is 1. The van der Waals surface area contributed by atoms with Gasteiger partial charge in [0.25, 0.3) is 0 Å². The summed E-state index contributed by atoms with van der Waals surface area (Å²) in [6, 6.07) is 12.8. The molecule has 4 rings (SSSR count). The molecule has 0 spiro atoms. The average Bonchev–Trinajstić information content (AvgIpc) is 2.73. The van der Waals surface area contributed by atoms with E-state index in [1.165, 1.54) is 11.2 Å². The maximum absolute atomic E-state index is 11.7. The second-order valence-electron chi connectivity index (χ2n) is 7.62. The van der Waals surface area contributed by atoms with Gasteiger partial charge in [0.05, 0.1) is 22.8 Å². The number of nitrogens with one attached hydrogen (secondary N) is 1. The van der Waals surface area contributed by atoms with Gasteiger partial charge in [-0.1, -0.05) is 6.07 Å². The molecule has 0 unspecified atom stereocenters. The van der Waals surface area contributed by atoms with E-state index in [0.29, 0.717) is 19.7 Å². The number of para-hydroxylation sites is 1. The number of carboxylic acid groups (broad SMARTS) is 1. The lowest BCUT2D eigenvalue weighted by Crippen LogP contribution is -2.48. The molecule has 2 N–H and O–H groups in total. The number of benzene rings is 2. The SMILES string of the molecule is CS(=O)(=O)c1ccc(Nc2cccc3c2OCCN3C2CCN(C(=O)O)CC2)cc1. The van der Waals surface area contributed by atoms with Crippen LogP contribution in [0.25, 0.3) is 0 Å². The summed E-state index contributed by atoms with van der Waals surface area (Å²) in [4.78, 5) is 15.2. The first-order valence-electron chi connectivity index (χ1n) is 9.90. The molecule has 0 aromatic heterocycles. The fraction of sp³-hybridized carbons (Fsp3) is 0.381. The van der Waals surface area contributed by atoms with Crippen molar-refractivity contribution >= 4 is 33.0 Å². The van der Waals surface area contributed by atoms with Crippen LogP contribution in [0.2, 0.25) is 0 Å². The summed E-state index contributed by atoms with van der Waals surface area (Å²) in [5.41, 5.74) is 2.58. The Morgan fingerprint density at radius 2 is 1.80 bits per heavy atom. The molecule has 1 amide bonds. The topological polar surface area (TPSA) is 99.2 Å². The molecule has 2 aliphatic heterocycles. The third-order valence-electron chi connectivity index (χ3n) is 5.62. The number of anilines is 3. The smallest absolute Gasteiger partial charge is 0.407 e. The Kier molecular flexibility index (Phi) is 5.46. The Morgan fingerprint density at radius 1 is 1.10 bits per heavy atom. The first-order valence-corrected chi connectivity index (χ1v) is 11.8. The van der Waals surface area contributed by atoms with E-state index in [1.807, 2.05) is 18.2 Å². The van der Waals surface area contributed by atoms with Gasteiger partial charge in [0, 0.05) is 31.1 Å². The number of likely N-dealkylation sites (tertiary alicyclic amines) is 1. The van der Waals surface area contributed by atoms with Crippen LogP contribution in [0.1, 0.15) is 12.8 Å². The molecule has 2 aliphatic rings. The number of hydrogen-bond acceptors (Lipinski definition) is 6. The van der Waals surface area contributed by atoms with Crippen LogP contribution in [0.4, 0.5) is 21.9 Å². The van der Waals surface area contributed by atoms with Gasteiger partial charge in [0.15, 0.2) is 15.6 Å². The molecular weight excluding hydrogens is 406 g/mol. The number of rotatable bonds is 4. The molecule has 1 saturated heterocycles. The summed E-state index contributed by atoms with van der Waals surface area (Å²) in [5.74, 6) is 0.761. The molecular formula is C21H25N3O5S. The lowest BCUT2D eigenvalue weighted by atomic mass is 10.0. The zero-order valence-corrected chi connectivity index (χ0v) is 17.6. The van der Waals surface area contributed by atoms with Crippen molar-refractivity contribution in [3.05, 3.63) is 42.5 Å². The molecule has 8 nitrogen and oxygen atoms in total. The van der Waals surface area contributed by atoms with E-state index in [-0.39, 0.29) is 10.9 Å². The summed E-state index contributed by atoms with van der Waals surface area (Å²) in [5, 5.41) is 12.5. The Balaban J connectivity index is 1.54. The van der Waals surface area contributed by atoms with Crippen molar-refractivity contribution in [3.63, 3.8) is 0 Å². The number of sulfone groups is 1. The zero-order chi connectivity index (χ0) is 21.3. The first-order chi connectivity index (χ1) is 14.3. The molecule has 2 heterocycles. The molecule has 30 heavy (non-hydrogen) atoms. The maximum atomic E-state index is 11.7. The Morgan fingerprint density at radius 3 is 2.43 bits per heavy atom. The van der Waals surface area contributed by atoms with Crippen LogP contribution in [-0.2, 0) is 9.84 Å². The number of fused-ring (bicyclic) bond motifs is 1. The first kappa shape index (κ1) is 20.3. The molecule has 0 radical (unpaired) electrons. The van der Waals surface area contributed by atoms with Crippen LogP contribution in [0, 0.1) is 0 Å². The molecule has 1 fully saturated rings. The summed E-state index contributed by atoms with van der Waals surface area (Å²) in [7, 11) is -3.24. The quantitative estimate of drug-likeness (QED) is 0.767. The Bertz CT molecular complexity index is 1030. The fourth-order valence-corrected chi connectivity index (χ4v) is 4.69. The molecule has 2 aromatic rings. The molecule has 0 saturated carbocycles. The van der Waals surface area contributed by atoms with Crippen molar-refractivity contribution < 1.29 is 23.1 Å². The van der Waals surface area contributed by atoms with E-state index in [1.54, 1.807) is 24.3 Å². The highest BCUT2D eigenvalue weighted by Gasteiger charge is 2.31. The highest BCUT2D eigenvalue weighted by molar-refractivity contribution is 7.90. The number of nitrogens with zero attached hydrogens (tertiary/aromatic N) is 2. The van der Waals surface area contributed by atoms with E-state index in [2.05, 4.69) is 10.2 Å². The zero-order valence-electron chi connectivity index (χ0n) is 16.7. The Hall–Kier alpha value is -2.94. The summed E-state index contributed by atoms with van der Waals surface area (Å²) < 4.78 is 29.3. The molecule has 0 aliphatic carbocycles. The van der Waals surface area contributed by atoms with Gasteiger partial charge in [-0.3, -0.25) is 0 Å². The van der Waals surface area contributed by atoms with E-state index in [0.717, 1.165) is 42.2 Å². The van der Waals surface area contributed by atoms with Crippen LogP contribution < -0.4 is 15.0 Å². The van der Waals surface area contributed by atoms with Crippen molar-refractivity contribution in [2.24, 2.45) is 0 Å². The highest BCUT2D eigenvalue weighted by atomic mass is 32.2. The second-order valence-corrected chi connectivity index (χ2v) is 9.63. The van der Waals surface area contributed by atoms with Gasteiger partial charge >= 0.3 is 6.09 Å². The third-order valence-corrected chi connectivity index (χ3v) is 6.75. The van der Waals surface area contributed by atoms with Crippen LogP contribution in [0.15, 0.2) is 47.4 Å². The molecule has 2 aromatic carbocycles. The van der Waals surface area contributed by atoms with Crippen molar-refractivity contribution in [3.8, 4) is 5.75 Å². The van der Waals surface area contributed by atoms with Crippen molar-refractivity contribution in [1.82, 2.24) is 4.90 Å². The molecule has 0 atom stereocenters. The highest BCUT2D eigenvalue weighted by Crippen LogP contribution is 2.41. The van der Waals surface area contributed by atoms with Gasteiger partial charge in [-0.05, 0) is 49.2 Å². The average molecular weight is 432 g/mol. The fourth-order valence-electron chi connectivity index (χ4n) is 4.06. The van der Waals surface area contributed by atoms with E-state index in [9.17, 15) is 18.3 Å². The largest absolute Gasteiger partial charge is 0.487 e. The van der Waals surface area contributed by atoms with Gasteiger partial charge in [-0.25, -0.2) is 13.2 Å². The number of hydrogen-bond donors (Lipinski definition) is 2. The molecule has 0 bridgehead atoms. The van der Waals surface area contributed by atoms with Crippen molar-refractivity contribution in [1.29, 1.82) is 0 Å². The monoisotopic (exact) mass is 431 g/mol. The lowest BCUT2D eigenvalue weighted by Gasteiger charge is -2.41. The predicted molar refractivity (Wildman–Crippen MR) is 115 cm³/mol. The van der Waals surface area contributed by atoms with Gasteiger partial charge in [-0.2, -0.15) is 0 Å². The van der Waals surface area contributed by atoms with Gasteiger partial charge < -0.3 is 25.0 Å². The lowest BCUT2D eigenvalue weighted by molar-refractivity contribution is 0.130. The van der Waals surface area contributed by atoms with Gasteiger partial charge in [-0.15, -0.1) is 0 Å². The summed E-state index contributed by atoms with van der Waals surface area (Å²) >= 11 is 0. The maximum Gasteiger partial charge on any atom is 0.407 e. The summed E-state index contributed by atoms with van der Waals surface area (Å²) in [6.07, 6.45) is 1.91. The standard InChI is InChI=1S/C21H25N3O5S/c1-30(27,28)17-7-5-15(6-8-17)22-18-3-2-4-19-20(18)29-14-13-24(19)16-9-11-23(12-10-16)21(25)26/h2-8,16,22H,9-14H2,1H3,(H,25,26). The minimum Gasteiger partial charge on any atom is -0.487 e. The van der Waals surface area contributed by atoms with Crippen LogP contribution in [0.5, 0.6) is 5.75 Å². The van der Waals surface area contributed by atoms with E-state index >= 15 is 0 Å². The minimum absolute atomic E-state index is 0.271. The van der Waals surface area contributed by atoms with Gasteiger partial charge in [0.1, 0.15) is 6.61 Å². The normalized spacial score (nSPS) is 17.2. The van der Waals surface area contributed by atoms with Crippen LogP contribution in [-0.4, -0.2) is 63.1 Å². The third kappa shape index (κ3) is 4.16. The minimum atomic E-state index is -3.24. The molecule has 9 heteroatoms. The Labute approximate surface area is 176 Å².